The van der Waals surface area contributed by atoms with E-state index < -0.39 is 0 Å². The van der Waals surface area contributed by atoms with Crippen molar-refractivity contribution in [2.24, 2.45) is 7.05 Å². The summed E-state index contributed by atoms with van der Waals surface area (Å²) in [7, 11) is 1.60. The molecular weight excluding hydrogens is 416 g/mol. The highest BCUT2D eigenvalue weighted by atomic mass is 16.5. The predicted molar refractivity (Wildman–Crippen MR) is 126 cm³/mol. The number of hydrogen-bond acceptors (Lipinski definition) is 5. The molecule has 0 saturated heterocycles. The van der Waals surface area contributed by atoms with Crippen molar-refractivity contribution in [1.82, 2.24) is 29.6 Å². The molecule has 1 aliphatic carbocycles. The number of tetrazole rings is 1. The van der Waals surface area contributed by atoms with Gasteiger partial charge in [-0.05, 0) is 91.4 Å². The highest BCUT2D eigenvalue weighted by Gasteiger charge is 2.28. The molecule has 2 aromatic heterocycles. The lowest BCUT2D eigenvalue weighted by Gasteiger charge is -2.16. The Morgan fingerprint density at radius 3 is 2.58 bits per heavy atom. The van der Waals surface area contributed by atoms with Crippen LogP contribution in [0.1, 0.15) is 55.3 Å². The largest absolute Gasteiger partial charge is 0.489 e. The molecule has 0 bridgehead atoms. The molecule has 4 aromatic rings. The number of hydrogen-bond donors (Lipinski definition) is 0. The standard InChI is InChI=1S/C25H28N6O2/c1-16(2)30-13-12-22(26-30)19-10-11-24(17(3)14-19)33-15-21-20(18-8-9-18)6-5-7-23(21)31-25(32)29(4)27-28-31/h5-7,10-14,16,18H,8-9,15H2,1-4H3. The number of rotatable bonds is 7. The molecule has 33 heavy (non-hydrogen) atoms. The van der Waals surface area contributed by atoms with Crippen LogP contribution in [-0.4, -0.2) is 29.6 Å². The van der Waals surface area contributed by atoms with Crippen LogP contribution in [0.15, 0.2) is 53.5 Å². The third-order valence-corrected chi connectivity index (χ3v) is 6.13. The molecule has 0 aliphatic heterocycles. The second-order valence-electron chi connectivity index (χ2n) is 8.96. The van der Waals surface area contributed by atoms with E-state index in [-0.39, 0.29) is 5.69 Å². The Kier molecular flexibility index (Phi) is 5.36. The lowest BCUT2D eigenvalue weighted by atomic mass is 10.0. The number of aromatic nitrogens is 6. The van der Waals surface area contributed by atoms with Crippen LogP contribution < -0.4 is 10.4 Å². The Morgan fingerprint density at radius 2 is 1.94 bits per heavy atom. The van der Waals surface area contributed by atoms with Crippen molar-refractivity contribution in [3.05, 3.63) is 75.8 Å². The fourth-order valence-corrected chi connectivity index (χ4v) is 4.09. The van der Waals surface area contributed by atoms with Crippen molar-refractivity contribution in [2.75, 3.05) is 0 Å². The molecule has 170 valence electrons. The van der Waals surface area contributed by atoms with Crippen LogP contribution in [0.5, 0.6) is 5.75 Å². The molecular formula is C25H28N6O2. The molecule has 5 rings (SSSR count). The molecule has 0 radical (unpaired) electrons. The van der Waals surface area contributed by atoms with Crippen LogP contribution >= 0.6 is 0 Å². The third-order valence-electron chi connectivity index (χ3n) is 6.13. The Balaban J connectivity index is 1.43. The minimum absolute atomic E-state index is 0.273. The van der Waals surface area contributed by atoms with Crippen LogP contribution in [0.2, 0.25) is 0 Å². The lowest BCUT2D eigenvalue weighted by molar-refractivity contribution is 0.302. The zero-order chi connectivity index (χ0) is 23.1. The van der Waals surface area contributed by atoms with Crippen LogP contribution in [0.4, 0.5) is 0 Å². The number of nitrogens with zero attached hydrogens (tertiary/aromatic N) is 6. The molecule has 2 aromatic carbocycles. The van der Waals surface area contributed by atoms with Crippen LogP contribution in [0, 0.1) is 6.92 Å². The minimum Gasteiger partial charge on any atom is -0.489 e. The number of ether oxygens (including phenoxy) is 1. The van der Waals surface area contributed by atoms with Gasteiger partial charge in [0.1, 0.15) is 12.4 Å². The van der Waals surface area contributed by atoms with Gasteiger partial charge in [0.05, 0.1) is 11.4 Å². The third kappa shape index (κ3) is 4.08. The van der Waals surface area contributed by atoms with Crippen molar-refractivity contribution in [1.29, 1.82) is 0 Å². The van der Waals surface area contributed by atoms with E-state index in [2.05, 4.69) is 41.5 Å². The van der Waals surface area contributed by atoms with Gasteiger partial charge in [0.2, 0.25) is 0 Å². The SMILES string of the molecule is Cc1cc(-c2ccn(C(C)C)n2)ccc1OCc1c(C2CC2)cccc1-n1nnn(C)c1=O. The van der Waals surface area contributed by atoms with Gasteiger partial charge in [0.15, 0.2) is 0 Å². The summed E-state index contributed by atoms with van der Waals surface area (Å²) in [5.41, 5.74) is 5.71. The summed E-state index contributed by atoms with van der Waals surface area (Å²) in [6.45, 7) is 6.62. The molecule has 0 spiro atoms. The first-order chi connectivity index (χ1) is 15.9. The van der Waals surface area contributed by atoms with Gasteiger partial charge in [0.25, 0.3) is 0 Å². The van der Waals surface area contributed by atoms with Gasteiger partial charge in [-0.2, -0.15) is 14.5 Å². The molecule has 2 heterocycles. The number of benzene rings is 2. The van der Waals surface area contributed by atoms with Gasteiger partial charge in [-0.1, -0.05) is 12.1 Å². The van der Waals surface area contributed by atoms with E-state index in [1.165, 1.54) is 14.9 Å². The van der Waals surface area contributed by atoms with Crippen LogP contribution in [-0.2, 0) is 13.7 Å². The summed E-state index contributed by atoms with van der Waals surface area (Å²) in [5.74, 6) is 1.32. The summed E-state index contributed by atoms with van der Waals surface area (Å²) in [4.78, 5) is 12.5. The van der Waals surface area contributed by atoms with Gasteiger partial charge in [-0.15, -0.1) is 0 Å². The first-order valence-electron chi connectivity index (χ1n) is 11.3. The van der Waals surface area contributed by atoms with E-state index in [0.29, 0.717) is 18.6 Å². The Morgan fingerprint density at radius 1 is 1.12 bits per heavy atom. The molecule has 8 nitrogen and oxygen atoms in total. The summed E-state index contributed by atoms with van der Waals surface area (Å²) >= 11 is 0. The van der Waals surface area contributed by atoms with Crippen molar-refractivity contribution in [3.63, 3.8) is 0 Å². The summed E-state index contributed by atoms with van der Waals surface area (Å²) in [6, 6.07) is 14.5. The maximum atomic E-state index is 12.5. The quantitative estimate of drug-likeness (QED) is 0.427. The van der Waals surface area contributed by atoms with Gasteiger partial charge in [0, 0.05) is 30.4 Å². The predicted octanol–water partition coefficient (Wildman–Crippen LogP) is 4.18. The fourth-order valence-electron chi connectivity index (χ4n) is 4.09. The fraction of sp³-hybridized carbons (Fsp3) is 0.360. The first-order valence-corrected chi connectivity index (χ1v) is 11.3. The molecule has 0 amide bonds. The van der Waals surface area contributed by atoms with Gasteiger partial charge >= 0.3 is 5.69 Å². The van der Waals surface area contributed by atoms with Crippen molar-refractivity contribution < 1.29 is 4.74 Å². The molecule has 1 aliphatic rings. The zero-order valence-corrected chi connectivity index (χ0v) is 19.4. The summed E-state index contributed by atoms with van der Waals surface area (Å²) < 4.78 is 10.8. The molecule has 0 N–H and O–H groups in total. The first kappa shape index (κ1) is 21.2. The normalized spacial score (nSPS) is 13.6. The Bertz CT molecular complexity index is 1360. The second-order valence-corrected chi connectivity index (χ2v) is 8.96. The average molecular weight is 445 g/mol. The minimum atomic E-state index is -0.273. The smallest absolute Gasteiger partial charge is 0.368 e. The van der Waals surface area contributed by atoms with E-state index in [4.69, 9.17) is 4.74 Å². The van der Waals surface area contributed by atoms with E-state index in [0.717, 1.165) is 46.7 Å². The molecule has 1 fully saturated rings. The van der Waals surface area contributed by atoms with E-state index in [9.17, 15) is 4.79 Å². The van der Waals surface area contributed by atoms with E-state index in [1.54, 1.807) is 7.05 Å². The van der Waals surface area contributed by atoms with Gasteiger partial charge in [-0.25, -0.2) is 4.79 Å². The average Bonchev–Trinajstić information content (AvgIpc) is 3.43. The number of aryl methyl sites for hydroxylation is 2. The highest BCUT2D eigenvalue weighted by molar-refractivity contribution is 5.61. The molecule has 1 saturated carbocycles. The highest BCUT2D eigenvalue weighted by Crippen LogP contribution is 2.43. The lowest BCUT2D eigenvalue weighted by Crippen LogP contribution is -2.23. The Labute approximate surface area is 192 Å². The molecule has 0 unspecified atom stereocenters. The van der Waals surface area contributed by atoms with Gasteiger partial charge < -0.3 is 4.74 Å². The van der Waals surface area contributed by atoms with Crippen molar-refractivity contribution >= 4 is 0 Å². The second kappa shape index (κ2) is 8.35. The maximum absolute atomic E-state index is 12.5. The molecule has 8 heteroatoms. The van der Waals surface area contributed by atoms with Crippen LogP contribution in [0.3, 0.4) is 0 Å². The summed E-state index contributed by atoms with van der Waals surface area (Å²) in [5, 5.41) is 12.6. The Hall–Kier alpha value is -3.68. The van der Waals surface area contributed by atoms with Crippen molar-refractivity contribution in [3.8, 4) is 22.7 Å². The molecule has 0 atom stereocenters. The zero-order valence-electron chi connectivity index (χ0n) is 19.4. The summed E-state index contributed by atoms with van der Waals surface area (Å²) in [6.07, 6.45) is 4.32. The van der Waals surface area contributed by atoms with Gasteiger partial charge in [-0.3, -0.25) is 4.68 Å². The topological polar surface area (TPSA) is 79.8 Å². The monoisotopic (exact) mass is 444 g/mol. The maximum Gasteiger partial charge on any atom is 0.368 e. The van der Waals surface area contributed by atoms with E-state index >= 15 is 0 Å². The van der Waals surface area contributed by atoms with Crippen molar-refractivity contribution in [2.45, 2.75) is 52.2 Å². The van der Waals surface area contributed by atoms with E-state index in [1.807, 2.05) is 48.1 Å². The van der Waals surface area contributed by atoms with Crippen LogP contribution in [0.25, 0.3) is 16.9 Å².